The molecule has 3 heterocycles. The molecule has 1 aliphatic carbocycles. The summed E-state index contributed by atoms with van der Waals surface area (Å²) < 4.78 is 5.02. The van der Waals surface area contributed by atoms with Crippen LogP contribution in [0.4, 0.5) is 21.6 Å². The lowest BCUT2D eigenvalue weighted by atomic mass is 10.00. The Morgan fingerprint density at radius 3 is 2.81 bits per heavy atom. The molecule has 2 N–H and O–H groups in total. The van der Waals surface area contributed by atoms with Crippen LogP contribution in [0, 0.1) is 0 Å². The molecule has 0 unspecified atom stereocenters. The van der Waals surface area contributed by atoms with Gasteiger partial charge < -0.3 is 15.2 Å². The monoisotopic (exact) mass is 381 g/mol. The lowest BCUT2D eigenvalue weighted by molar-refractivity contribution is 0.181. The van der Waals surface area contributed by atoms with E-state index in [9.17, 15) is 9.90 Å². The van der Waals surface area contributed by atoms with Crippen LogP contribution in [0.1, 0.15) is 11.3 Å². The highest BCUT2D eigenvalue weighted by Gasteiger charge is 2.30. The topological polar surface area (TPSA) is 100 Å². The minimum atomic E-state index is -0.348. The predicted octanol–water partition coefficient (Wildman–Crippen LogP) is 3.10. The molecule has 0 saturated carbocycles. The second kappa shape index (κ2) is 6.20. The molecule has 1 aromatic carbocycles. The first kappa shape index (κ1) is 16.0. The van der Waals surface area contributed by atoms with Gasteiger partial charge in [-0.25, -0.2) is 24.6 Å². The van der Waals surface area contributed by atoms with Crippen LogP contribution in [-0.2, 0) is 17.6 Å². The molecule has 27 heavy (non-hydrogen) atoms. The van der Waals surface area contributed by atoms with Crippen LogP contribution in [-0.4, -0.2) is 39.3 Å². The maximum Gasteiger partial charge on any atom is 0.416 e. The molecule has 9 heteroatoms. The molecule has 5 rings (SSSR count). The van der Waals surface area contributed by atoms with Crippen molar-refractivity contribution in [1.29, 1.82) is 0 Å². The number of aromatic hydroxyl groups is 1. The highest BCUT2D eigenvalue weighted by molar-refractivity contribution is 7.19. The van der Waals surface area contributed by atoms with Gasteiger partial charge in [0.2, 0.25) is 5.95 Å². The number of anilines is 3. The van der Waals surface area contributed by atoms with Gasteiger partial charge in [-0.05, 0) is 42.7 Å². The molecule has 0 bridgehead atoms. The number of cyclic esters (lactones) is 1. The van der Waals surface area contributed by atoms with Gasteiger partial charge >= 0.3 is 6.09 Å². The molecule has 0 spiro atoms. The van der Waals surface area contributed by atoms with Crippen molar-refractivity contribution in [2.45, 2.75) is 12.8 Å². The minimum absolute atomic E-state index is 0.203. The zero-order valence-corrected chi connectivity index (χ0v) is 15.0. The second-order valence-electron chi connectivity index (χ2n) is 6.28. The number of hydrogen-bond acceptors (Lipinski definition) is 8. The first-order chi connectivity index (χ1) is 13.2. The fourth-order valence-corrected chi connectivity index (χ4v) is 4.30. The van der Waals surface area contributed by atoms with Crippen molar-refractivity contribution in [2.24, 2.45) is 0 Å². The van der Waals surface area contributed by atoms with E-state index in [0.29, 0.717) is 24.2 Å². The summed E-state index contributed by atoms with van der Waals surface area (Å²) in [5, 5.41) is 13.2. The van der Waals surface area contributed by atoms with Crippen molar-refractivity contribution in [3.63, 3.8) is 0 Å². The van der Waals surface area contributed by atoms with Gasteiger partial charge in [0, 0.05) is 11.9 Å². The Kier molecular flexibility index (Phi) is 3.68. The number of thiazole rings is 1. The summed E-state index contributed by atoms with van der Waals surface area (Å²) in [4.78, 5) is 28.1. The predicted molar refractivity (Wildman–Crippen MR) is 101 cm³/mol. The second-order valence-corrected chi connectivity index (χ2v) is 7.26. The molecule has 1 saturated heterocycles. The third-order valence-electron chi connectivity index (χ3n) is 4.51. The number of benzene rings is 1. The Morgan fingerprint density at radius 1 is 1.19 bits per heavy atom. The molecule has 1 aliphatic heterocycles. The first-order valence-corrected chi connectivity index (χ1v) is 9.35. The number of rotatable bonds is 3. The van der Waals surface area contributed by atoms with Crippen LogP contribution in [0.5, 0.6) is 5.75 Å². The van der Waals surface area contributed by atoms with E-state index in [1.807, 2.05) is 6.20 Å². The molecule has 1 fully saturated rings. The van der Waals surface area contributed by atoms with Gasteiger partial charge in [-0.2, -0.15) is 0 Å². The molecule has 136 valence electrons. The Morgan fingerprint density at radius 2 is 2.04 bits per heavy atom. The number of carbonyl (C=O) groups is 1. The number of fused-ring (bicyclic) bond motifs is 3. The van der Waals surface area contributed by atoms with E-state index in [1.165, 1.54) is 11.3 Å². The van der Waals surface area contributed by atoms with E-state index in [-0.39, 0.29) is 11.8 Å². The van der Waals surface area contributed by atoms with E-state index in [4.69, 9.17) is 4.74 Å². The Labute approximate surface area is 158 Å². The zero-order valence-electron chi connectivity index (χ0n) is 14.2. The van der Waals surface area contributed by atoms with Crippen molar-refractivity contribution in [3.05, 3.63) is 41.7 Å². The van der Waals surface area contributed by atoms with Crippen molar-refractivity contribution in [1.82, 2.24) is 15.0 Å². The van der Waals surface area contributed by atoms with E-state index in [1.54, 1.807) is 29.2 Å². The van der Waals surface area contributed by atoms with E-state index >= 15 is 0 Å². The van der Waals surface area contributed by atoms with Crippen molar-refractivity contribution in [3.8, 4) is 16.3 Å². The number of aryl methyl sites for hydroxylation is 2. The van der Waals surface area contributed by atoms with Crippen LogP contribution in [0.15, 0.2) is 30.5 Å². The van der Waals surface area contributed by atoms with Gasteiger partial charge in [0.1, 0.15) is 12.4 Å². The highest BCUT2D eigenvalue weighted by Crippen LogP contribution is 2.40. The number of carbonyl (C=O) groups excluding carboxylic acids is 1. The third-order valence-corrected chi connectivity index (χ3v) is 5.64. The lowest BCUT2D eigenvalue weighted by Gasteiger charge is -2.14. The number of phenols is 1. The minimum Gasteiger partial charge on any atom is -0.508 e. The summed E-state index contributed by atoms with van der Waals surface area (Å²) in [5.41, 5.74) is 3.66. The summed E-state index contributed by atoms with van der Waals surface area (Å²) in [5.74, 6) is 0.678. The van der Waals surface area contributed by atoms with Gasteiger partial charge in [-0.15, -0.1) is 0 Å². The third kappa shape index (κ3) is 2.85. The fraction of sp³-hybridized carbons (Fsp3) is 0.222. The number of amides is 1. The molecular formula is C18H15N5O3S. The maximum atomic E-state index is 11.8. The van der Waals surface area contributed by atoms with E-state index < -0.39 is 0 Å². The molecule has 2 aliphatic rings. The molecule has 0 atom stereocenters. The van der Waals surface area contributed by atoms with Crippen molar-refractivity contribution >= 4 is 34.2 Å². The van der Waals surface area contributed by atoms with E-state index in [2.05, 4.69) is 20.3 Å². The number of ether oxygens (including phenoxy) is 1. The number of hydrogen-bond donors (Lipinski definition) is 2. The standard InChI is InChI=1S/C18H15N5O3S/c24-12-4-2-11(3-5-12)20-16-19-9-10-1-6-13-15(14(10)22-16)27-17(21-13)23-7-8-26-18(23)25/h2-5,9,24H,1,6-8H2,(H,19,20,22). The number of phenolic OH excluding ortho intramolecular Hbond substituents is 1. The van der Waals surface area contributed by atoms with Crippen LogP contribution in [0.25, 0.3) is 10.6 Å². The Hall–Kier alpha value is -3.20. The Balaban J connectivity index is 1.49. The van der Waals surface area contributed by atoms with Crippen molar-refractivity contribution < 1.29 is 14.6 Å². The molecule has 3 aromatic rings. The van der Waals surface area contributed by atoms with Gasteiger partial charge in [-0.3, -0.25) is 0 Å². The molecular weight excluding hydrogens is 366 g/mol. The smallest absolute Gasteiger partial charge is 0.416 e. The summed E-state index contributed by atoms with van der Waals surface area (Å²) >= 11 is 1.46. The van der Waals surface area contributed by atoms with Crippen molar-refractivity contribution in [2.75, 3.05) is 23.4 Å². The molecule has 0 radical (unpaired) electrons. The van der Waals surface area contributed by atoms with Gasteiger partial charge in [0.05, 0.1) is 22.8 Å². The maximum absolute atomic E-state index is 11.8. The summed E-state index contributed by atoms with van der Waals surface area (Å²) in [6.07, 6.45) is 3.10. The van der Waals surface area contributed by atoms with Crippen LogP contribution >= 0.6 is 11.3 Å². The average molecular weight is 381 g/mol. The summed E-state index contributed by atoms with van der Waals surface area (Å²) in [6.45, 7) is 0.915. The Bertz CT molecular complexity index is 1030. The van der Waals surface area contributed by atoms with Gasteiger partial charge in [0.25, 0.3) is 0 Å². The van der Waals surface area contributed by atoms with E-state index in [0.717, 1.165) is 40.4 Å². The quantitative estimate of drug-likeness (QED) is 0.672. The number of nitrogens with one attached hydrogen (secondary N) is 1. The zero-order chi connectivity index (χ0) is 18.4. The molecule has 8 nitrogen and oxygen atoms in total. The summed E-state index contributed by atoms with van der Waals surface area (Å²) in [6, 6.07) is 6.72. The molecule has 1 amide bonds. The fourth-order valence-electron chi connectivity index (χ4n) is 3.15. The summed E-state index contributed by atoms with van der Waals surface area (Å²) in [7, 11) is 0. The van der Waals surface area contributed by atoms with Crippen LogP contribution in [0.2, 0.25) is 0 Å². The SMILES string of the molecule is O=C1OCCN1c1nc2c(s1)-c1nc(Nc3ccc(O)cc3)ncc1CC2. The first-order valence-electron chi connectivity index (χ1n) is 8.54. The molecule has 2 aromatic heterocycles. The van der Waals surface area contributed by atoms with Crippen LogP contribution < -0.4 is 10.2 Å². The van der Waals surface area contributed by atoms with Crippen LogP contribution in [0.3, 0.4) is 0 Å². The number of aromatic nitrogens is 3. The lowest BCUT2D eigenvalue weighted by Crippen LogP contribution is -2.23. The normalized spacial score (nSPS) is 15.3. The number of nitrogens with zero attached hydrogens (tertiary/aromatic N) is 4. The average Bonchev–Trinajstić information content (AvgIpc) is 3.29. The van der Waals surface area contributed by atoms with Gasteiger partial charge in [0.15, 0.2) is 5.13 Å². The largest absolute Gasteiger partial charge is 0.508 e. The highest BCUT2D eigenvalue weighted by atomic mass is 32.1. The van der Waals surface area contributed by atoms with Gasteiger partial charge in [-0.1, -0.05) is 11.3 Å².